The van der Waals surface area contributed by atoms with Crippen molar-refractivity contribution in [3.8, 4) is 11.5 Å². The van der Waals surface area contributed by atoms with Gasteiger partial charge >= 0.3 is 0 Å². The van der Waals surface area contributed by atoms with E-state index in [1.54, 1.807) is 18.3 Å². The number of guanidine groups is 1. The van der Waals surface area contributed by atoms with Crippen LogP contribution in [0, 0.1) is 5.82 Å². The van der Waals surface area contributed by atoms with Gasteiger partial charge in [-0.05, 0) is 42.3 Å². The van der Waals surface area contributed by atoms with Crippen LogP contribution in [-0.2, 0) is 12.8 Å². The van der Waals surface area contributed by atoms with E-state index in [2.05, 4.69) is 20.6 Å². The molecule has 0 saturated carbocycles. The molecule has 2 aromatic carbocycles. The molecule has 2 N–H and O–H groups in total. The number of aliphatic imine (C=N–C) groups is 1. The summed E-state index contributed by atoms with van der Waals surface area (Å²) in [5.41, 5.74) is 2.49. The number of fused-ring (bicyclic) bond motifs is 1. The van der Waals surface area contributed by atoms with Crippen molar-refractivity contribution in [1.29, 1.82) is 0 Å². The Morgan fingerprint density at radius 3 is 2.66 bits per heavy atom. The maximum absolute atomic E-state index is 13.9. The van der Waals surface area contributed by atoms with Crippen LogP contribution in [0.4, 0.5) is 10.1 Å². The Kier molecular flexibility index (Phi) is 7.52. The number of hydrogen-bond acceptors (Lipinski definition) is 4. The molecule has 2 heterocycles. The molecule has 32 heavy (non-hydrogen) atoms. The minimum atomic E-state index is -0.196. The average Bonchev–Trinajstić information content (AvgIpc) is 3.06. The maximum atomic E-state index is 13.9. The number of ether oxygens (including phenoxy) is 2. The second kappa shape index (κ2) is 11.1. The number of halogens is 1. The highest BCUT2D eigenvalue weighted by molar-refractivity contribution is 5.94. The summed E-state index contributed by atoms with van der Waals surface area (Å²) in [6, 6.07) is 18.4. The summed E-state index contributed by atoms with van der Waals surface area (Å²) in [6.07, 6.45) is 3.91. The molecule has 0 aliphatic carbocycles. The van der Waals surface area contributed by atoms with Gasteiger partial charge in [0, 0.05) is 49.6 Å². The molecule has 0 unspecified atom stereocenters. The van der Waals surface area contributed by atoms with Crippen molar-refractivity contribution in [3.05, 3.63) is 83.9 Å². The zero-order valence-electron chi connectivity index (χ0n) is 17.9. The highest BCUT2D eigenvalue weighted by Crippen LogP contribution is 2.32. The van der Waals surface area contributed by atoms with Crippen LogP contribution >= 0.6 is 0 Å². The molecule has 0 bridgehead atoms. The molecule has 3 aromatic rings. The first-order valence-corrected chi connectivity index (χ1v) is 10.9. The number of nitrogens with one attached hydrogen (secondary N) is 2. The highest BCUT2D eigenvalue weighted by atomic mass is 19.1. The number of hydrogen-bond donors (Lipinski definition) is 2. The molecule has 6 nitrogen and oxygen atoms in total. The van der Waals surface area contributed by atoms with Gasteiger partial charge in [-0.15, -0.1) is 0 Å². The Bertz CT molecular complexity index is 1040. The second-order valence-corrected chi connectivity index (χ2v) is 7.41. The smallest absolute Gasteiger partial charge is 0.195 e. The lowest BCUT2D eigenvalue weighted by atomic mass is 10.1. The lowest BCUT2D eigenvalue weighted by Crippen LogP contribution is -2.33. The number of pyridine rings is 1. The van der Waals surface area contributed by atoms with Gasteiger partial charge in [-0.1, -0.05) is 24.3 Å². The van der Waals surface area contributed by atoms with Gasteiger partial charge in [0.2, 0.25) is 0 Å². The third-order valence-electron chi connectivity index (χ3n) is 5.02. The van der Waals surface area contributed by atoms with Crippen molar-refractivity contribution in [2.75, 3.05) is 31.6 Å². The van der Waals surface area contributed by atoms with Crippen molar-refractivity contribution in [1.82, 2.24) is 10.3 Å². The van der Waals surface area contributed by atoms with Gasteiger partial charge in [0.1, 0.15) is 5.82 Å². The molecule has 4 rings (SSSR count). The predicted octanol–water partition coefficient (Wildman–Crippen LogP) is 4.22. The van der Waals surface area contributed by atoms with Crippen LogP contribution in [0.2, 0.25) is 0 Å². The largest absolute Gasteiger partial charge is 0.490 e. The number of anilines is 1. The van der Waals surface area contributed by atoms with Crippen LogP contribution in [0.5, 0.6) is 11.5 Å². The third kappa shape index (κ3) is 6.20. The van der Waals surface area contributed by atoms with Crippen molar-refractivity contribution < 1.29 is 13.9 Å². The van der Waals surface area contributed by atoms with E-state index in [1.807, 2.05) is 42.5 Å². The van der Waals surface area contributed by atoms with Crippen LogP contribution in [0.25, 0.3) is 0 Å². The summed E-state index contributed by atoms with van der Waals surface area (Å²) < 4.78 is 25.4. The molecule has 0 amide bonds. The minimum absolute atomic E-state index is 0.196. The molecule has 1 aliphatic heterocycles. The summed E-state index contributed by atoms with van der Waals surface area (Å²) in [6.45, 7) is 2.39. The number of benzene rings is 2. The Balaban J connectivity index is 1.43. The predicted molar refractivity (Wildman–Crippen MR) is 124 cm³/mol. The van der Waals surface area contributed by atoms with E-state index in [9.17, 15) is 4.39 Å². The third-order valence-corrected chi connectivity index (χ3v) is 5.02. The van der Waals surface area contributed by atoms with Gasteiger partial charge in [0.15, 0.2) is 17.5 Å². The van der Waals surface area contributed by atoms with Gasteiger partial charge in [-0.25, -0.2) is 4.39 Å². The molecule has 0 fully saturated rings. The quantitative estimate of drug-likeness (QED) is 0.430. The number of nitrogens with zero attached hydrogens (tertiary/aromatic N) is 2. The van der Waals surface area contributed by atoms with Crippen LogP contribution in [0.3, 0.4) is 0 Å². The van der Waals surface area contributed by atoms with E-state index in [0.29, 0.717) is 50.0 Å². The fourth-order valence-electron chi connectivity index (χ4n) is 3.36. The van der Waals surface area contributed by atoms with E-state index in [4.69, 9.17) is 9.47 Å². The van der Waals surface area contributed by atoms with Crippen molar-refractivity contribution >= 4 is 11.6 Å². The van der Waals surface area contributed by atoms with E-state index in [0.717, 1.165) is 30.0 Å². The highest BCUT2D eigenvalue weighted by Gasteiger charge is 2.11. The summed E-state index contributed by atoms with van der Waals surface area (Å²) in [4.78, 5) is 9.03. The van der Waals surface area contributed by atoms with Crippen LogP contribution in [0.15, 0.2) is 71.9 Å². The Labute approximate surface area is 187 Å². The SMILES string of the molecule is Fc1ccccc1CCNC(=NCCc1ccccn1)Nc1ccc2c(c1)OCCCO2. The fraction of sp³-hybridized carbons (Fsp3) is 0.280. The molecule has 7 heteroatoms. The minimum Gasteiger partial charge on any atom is -0.490 e. The van der Waals surface area contributed by atoms with Gasteiger partial charge in [-0.2, -0.15) is 0 Å². The maximum Gasteiger partial charge on any atom is 0.195 e. The summed E-state index contributed by atoms with van der Waals surface area (Å²) in [5, 5.41) is 6.63. The van der Waals surface area contributed by atoms with E-state index >= 15 is 0 Å². The molecule has 0 radical (unpaired) electrons. The number of aromatic nitrogens is 1. The molecular formula is C25H27FN4O2. The van der Waals surface area contributed by atoms with E-state index in [-0.39, 0.29) is 5.82 Å². The lowest BCUT2D eigenvalue weighted by molar-refractivity contribution is 0.297. The fourth-order valence-corrected chi connectivity index (χ4v) is 3.36. The zero-order valence-corrected chi connectivity index (χ0v) is 17.9. The van der Waals surface area contributed by atoms with Crippen LogP contribution in [0.1, 0.15) is 17.7 Å². The average molecular weight is 435 g/mol. The molecule has 0 spiro atoms. The Hall–Kier alpha value is -3.61. The zero-order chi connectivity index (χ0) is 22.0. The van der Waals surface area contributed by atoms with Crippen molar-refractivity contribution in [2.24, 2.45) is 4.99 Å². The van der Waals surface area contributed by atoms with Gasteiger partial charge in [0.05, 0.1) is 13.2 Å². The van der Waals surface area contributed by atoms with E-state index in [1.165, 1.54) is 6.07 Å². The van der Waals surface area contributed by atoms with E-state index < -0.39 is 0 Å². The first kappa shape index (κ1) is 21.6. The van der Waals surface area contributed by atoms with Gasteiger partial charge < -0.3 is 20.1 Å². The van der Waals surface area contributed by atoms with Crippen molar-refractivity contribution in [2.45, 2.75) is 19.3 Å². The van der Waals surface area contributed by atoms with Gasteiger partial charge in [-0.3, -0.25) is 9.98 Å². The molecule has 0 saturated heterocycles. The number of rotatable bonds is 7. The van der Waals surface area contributed by atoms with Crippen LogP contribution in [-0.4, -0.2) is 37.2 Å². The molecule has 1 aromatic heterocycles. The standard InChI is InChI=1S/C25H27FN4O2/c26-22-8-2-1-6-19(22)11-14-28-25(29-15-12-20-7-3-4-13-27-20)30-21-9-10-23-24(18-21)32-17-5-16-31-23/h1-4,6-10,13,18H,5,11-12,14-17H2,(H2,28,29,30). The normalized spacial score (nSPS) is 13.3. The topological polar surface area (TPSA) is 67.8 Å². The summed E-state index contributed by atoms with van der Waals surface area (Å²) in [5.74, 6) is 1.88. The first-order valence-electron chi connectivity index (χ1n) is 10.9. The monoisotopic (exact) mass is 434 g/mol. The molecule has 0 atom stereocenters. The summed E-state index contributed by atoms with van der Waals surface area (Å²) >= 11 is 0. The Morgan fingerprint density at radius 2 is 1.81 bits per heavy atom. The second-order valence-electron chi connectivity index (χ2n) is 7.41. The lowest BCUT2D eigenvalue weighted by Gasteiger charge is -2.15. The van der Waals surface area contributed by atoms with Crippen LogP contribution < -0.4 is 20.1 Å². The summed E-state index contributed by atoms with van der Waals surface area (Å²) in [7, 11) is 0. The Morgan fingerprint density at radius 1 is 0.969 bits per heavy atom. The molecule has 1 aliphatic rings. The molecule has 166 valence electrons. The van der Waals surface area contributed by atoms with Crippen molar-refractivity contribution in [3.63, 3.8) is 0 Å². The first-order chi connectivity index (χ1) is 15.8. The van der Waals surface area contributed by atoms with Gasteiger partial charge in [0.25, 0.3) is 0 Å². The molecular weight excluding hydrogens is 407 g/mol.